The van der Waals surface area contributed by atoms with Crippen LogP contribution in [0.3, 0.4) is 0 Å². The molecule has 2 rings (SSSR count). The van der Waals surface area contributed by atoms with E-state index in [0.29, 0.717) is 11.4 Å². The number of aromatic hydroxyl groups is 2. The lowest BCUT2D eigenvalue weighted by molar-refractivity contribution is 0.407. The molecule has 0 aliphatic heterocycles. The van der Waals surface area contributed by atoms with Gasteiger partial charge >= 0.3 is 0 Å². The molecule has 0 aliphatic rings. The van der Waals surface area contributed by atoms with Crippen LogP contribution in [0.1, 0.15) is 0 Å². The van der Waals surface area contributed by atoms with Crippen molar-refractivity contribution in [2.45, 2.75) is 0 Å². The summed E-state index contributed by atoms with van der Waals surface area (Å²) in [7, 11) is 1.56. The summed E-state index contributed by atoms with van der Waals surface area (Å²) in [6, 6.07) is 13.2. The number of phenols is 2. The van der Waals surface area contributed by atoms with E-state index >= 15 is 0 Å². The minimum Gasteiger partial charge on any atom is -0.508 e. The fourth-order valence-electron chi connectivity index (χ4n) is 1.14. The van der Waals surface area contributed by atoms with E-state index in [0.717, 1.165) is 0 Å². The number of anilines is 1. The standard InChI is InChI=1S/C7H8O2.C6H7NO/c1-9-7-4-2-3-6(8)5-7;7-5-2-1-3-6(8)4-5/h2-5,8H,1H3;1-4,8H,7H2. The van der Waals surface area contributed by atoms with E-state index in [2.05, 4.69) is 0 Å². The number of nitrogens with two attached hydrogens (primary N) is 1. The molecule has 90 valence electrons. The van der Waals surface area contributed by atoms with Gasteiger partial charge in [-0.3, -0.25) is 0 Å². The fraction of sp³-hybridized carbons (Fsp3) is 0.0769. The van der Waals surface area contributed by atoms with Crippen LogP contribution in [0.15, 0.2) is 48.5 Å². The topological polar surface area (TPSA) is 75.7 Å². The fourth-order valence-corrected chi connectivity index (χ4v) is 1.14. The Hall–Kier alpha value is -2.36. The summed E-state index contributed by atoms with van der Waals surface area (Å²) in [6.45, 7) is 0. The van der Waals surface area contributed by atoms with Gasteiger partial charge in [-0.2, -0.15) is 0 Å². The van der Waals surface area contributed by atoms with Crippen molar-refractivity contribution < 1.29 is 14.9 Å². The highest BCUT2D eigenvalue weighted by Crippen LogP contribution is 2.16. The summed E-state index contributed by atoms with van der Waals surface area (Å²) < 4.78 is 4.84. The maximum absolute atomic E-state index is 8.86. The number of methoxy groups -OCH3 is 1. The third kappa shape index (κ3) is 4.79. The van der Waals surface area contributed by atoms with Gasteiger partial charge in [-0.1, -0.05) is 12.1 Å². The molecule has 0 saturated heterocycles. The van der Waals surface area contributed by atoms with E-state index in [-0.39, 0.29) is 11.5 Å². The number of nitrogen functional groups attached to an aromatic ring is 1. The van der Waals surface area contributed by atoms with Crippen LogP contribution < -0.4 is 10.5 Å². The van der Waals surface area contributed by atoms with Crippen molar-refractivity contribution in [1.82, 2.24) is 0 Å². The molecule has 0 radical (unpaired) electrons. The van der Waals surface area contributed by atoms with Gasteiger partial charge in [0.25, 0.3) is 0 Å². The average Bonchev–Trinajstić information content (AvgIpc) is 2.29. The lowest BCUT2D eigenvalue weighted by Crippen LogP contribution is -1.80. The van der Waals surface area contributed by atoms with Gasteiger partial charge in [0, 0.05) is 17.8 Å². The summed E-state index contributed by atoms with van der Waals surface area (Å²) in [5.41, 5.74) is 5.89. The van der Waals surface area contributed by atoms with Gasteiger partial charge in [-0.15, -0.1) is 0 Å². The second-order valence-corrected chi connectivity index (χ2v) is 3.30. The highest BCUT2D eigenvalue weighted by molar-refractivity contribution is 5.42. The van der Waals surface area contributed by atoms with Crippen molar-refractivity contribution in [2.24, 2.45) is 0 Å². The molecule has 2 aromatic rings. The van der Waals surface area contributed by atoms with Crippen molar-refractivity contribution >= 4 is 5.69 Å². The second kappa shape index (κ2) is 6.27. The number of benzene rings is 2. The molecule has 4 N–H and O–H groups in total. The van der Waals surface area contributed by atoms with Crippen LogP contribution >= 0.6 is 0 Å². The van der Waals surface area contributed by atoms with Gasteiger partial charge in [0.2, 0.25) is 0 Å². The first-order valence-electron chi connectivity index (χ1n) is 4.99. The van der Waals surface area contributed by atoms with E-state index < -0.39 is 0 Å². The van der Waals surface area contributed by atoms with Crippen molar-refractivity contribution in [1.29, 1.82) is 0 Å². The van der Waals surface area contributed by atoms with Crippen LogP contribution in [-0.4, -0.2) is 17.3 Å². The lowest BCUT2D eigenvalue weighted by atomic mass is 10.3. The zero-order valence-electron chi connectivity index (χ0n) is 9.50. The minimum atomic E-state index is 0.213. The molecule has 0 spiro atoms. The molecule has 0 aromatic heterocycles. The molecule has 0 amide bonds. The molecule has 0 saturated carbocycles. The Labute approximate surface area is 99.9 Å². The molecule has 4 heteroatoms. The summed E-state index contributed by atoms with van der Waals surface area (Å²) >= 11 is 0. The molecule has 4 nitrogen and oxygen atoms in total. The summed E-state index contributed by atoms with van der Waals surface area (Å²) in [5.74, 6) is 1.12. The summed E-state index contributed by atoms with van der Waals surface area (Å²) in [5, 5.41) is 17.6. The Morgan fingerprint density at radius 1 is 0.941 bits per heavy atom. The molecule has 0 heterocycles. The van der Waals surface area contributed by atoms with Gasteiger partial charge in [0.05, 0.1) is 7.11 Å². The number of hydrogen-bond donors (Lipinski definition) is 3. The number of hydrogen-bond acceptors (Lipinski definition) is 4. The average molecular weight is 233 g/mol. The summed E-state index contributed by atoms with van der Waals surface area (Å²) in [4.78, 5) is 0. The normalized spacial score (nSPS) is 9.00. The molecular formula is C13H15NO3. The smallest absolute Gasteiger partial charge is 0.122 e. The predicted octanol–water partition coefficient (Wildman–Crippen LogP) is 2.38. The van der Waals surface area contributed by atoms with Crippen LogP contribution in [0.4, 0.5) is 5.69 Å². The van der Waals surface area contributed by atoms with Gasteiger partial charge in [-0.05, 0) is 24.3 Å². The first-order valence-corrected chi connectivity index (χ1v) is 4.99. The molecular weight excluding hydrogens is 218 g/mol. The maximum atomic E-state index is 8.86. The zero-order chi connectivity index (χ0) is 12.7. The van der Waals surface area contributed by atoms with Crippen molar-refractivity contribution in [3.05, 3.63) is 48.5 Å². The molecule has 0 aliphatic carbocycles. The second-order valence-electron chi connectivity index (χ2n) is 3.30. The van der Waals surface area contributed by atoms with Crippen LogP contribution in [-0.2, 0) is 0 Å². The number of ether oxygens (including phenoxy) is 1. The molecule has 17 heavy (non-hydrogen) atoms. The molecule has 0 bridgehead atoms. The Kier molecular flexibility index (Phi) is 4.69. The van der Waals surface area contributed by atoms with E-state index in [1.807, 2.05) is 0 Å². The minimum absolute atomic E-state index is 0.213. The third-order valence-electron chi connectivity index (χ3n) is 1.92. The Bertz CT molecular complexity index is 454. The molecule has 0 unspecified atom stereocenters. The summed E-state index contributed by atoms with van der Waals surface area (Å²) in [6.07, 6.45) is 0. The molecule has 2 aromatic carbocycles. The van der Waals surface area contributed by atoms with E-state index in [9.17, 15) is 0 Å². The molecule has 0 fully saturated rings. The van der Waals surface area contributed by atoms with Gasteiger partial charge in [-0.25, -0.2) is 0 Å². The van der Waals surface area contributed by atoms with Crippen LogP contribution in [0.25, 0.3) is 0 Å². The third-order valence-corrected chi connectivity index (χ3v) is 1.92. The predicted molar refractivity (Wildman–Crippen MR) is 67.2 cm³/mol. The number of rotatable bonds is 1. The number of phenolic OH excluding ortho intramolecular Hbond substituents is 2. The quantitative estimate of drug-likeness (QED) is 0.661. The molecule has 0 atom stereocenters. The van der Waals surface area contributed by atoms with Gasteiger partial charge in [0.15, 0.2) is 0 Å². The van der Waals surface area contributed by atoms with E-state index in [1.165, 1.54) is 6.07 Å². The SMILES string of the molecule is COc1cccc(O)c1.Nc1cccc(O)c1. The largest absolute Gasteiger partial charge is 0.508 e. The van der Waals surface area contributed by atoms with E-state index in [1.54, 1.807) is 49.6 Å². The maximum Gasteiger partial charge on any atom is 0.122 e. The first-order chi connectivity index (χ1) is 8.11. The highest BCUT2D eigenvalue weighted by atomic mass is 16.5. The van der Waals surface area contributed by atoms with E-state index in [4.69, 9.17) is 20.7 Å². The van der Waals surface area contributed by atoms with Gasteiger partial charge < -0.3 is 20.7 Å². The van der Waals surface area contributed by atoms with Crippen LogP contribution in [0.5, 0.6) is 17.2 Å². The lowest BCUT2D eigenvalue weighted by Gasteiger charge is -1.97. The Morgan fingerprint density at radius 3 is 1.88 bits per heavy atom. The Balaban J connectivity index is 0.000000171. The van der Waals surface area contributed by atoms with Crippen LogP contribution in [0.2, 0.25) is 0 Å². The highest BCUT2D eigenvalue weighted by Gasteiger charge is 1.88. The van der Waals surface area contributed by atoms with Crippen molar-refractivity contribution in [3.63, 3.8) is 0 Å². The van der Waals surface area contributed by atoms with Crippen molar-refractivity contribution in [2.75, 3.05) is 12.8 Å². The van der Waals surface area contributed by atoms with Crippen LogP contribution in [0, 0.1) is 0 Å². The zero-order valence-corrected chi connectivity index (χ0v) is 9.50. The van der Waals surface area contributed by atoms with Gasteiger partial charge in [0.1, 0.15) is 17.2 Å². The first kappa shape index (κ1) is 12.7. The Morgan fingerprint density at radius 2 is 1.53 bits per heavy atom. The van der Waals surface area contributed by atoms with Crippen molar-refractivity contribution in [3.8, 4) is 17.2 Å². The monoisotopic (exact) mass is 233 g/mol.